The normalized spacial score (nSPS) is 18.8. The Morgan fingerprint density at radius 3 is 2.59 bits per heavy atom. The molecule has 0 spiro atoms. The lowest BCUT2D eigenvalue weighted by Crippen LogP contribution is -2.46. The Morgan fingerprint density at radius 1 is 1.09 bits per heavy atom. The number of H-pyrrole nitrogens is 1. The van der Waals surface area contributed by atoms with Gasteiger partial charge in [0.2, 0.25) is 5.91 Å². The zero-order chi connectivity index (χ0) is 23.7. The molecule has 5 rings (SSSR count). The van der Waals surface area contributed by atoms with Gasteiger partial charge in [0, 0.05) is 25.7 Å². The summed E-state index contributed by atoms with van der Waals surface area (Å²) in [4.78, 5) is 17.7. The summed E-state index contributed by atoms with van der Waals surface area (Å²) in [5.74, 6) is 0.458. The monoisotopic (exact) mass is 458 g/mol. The molecule has 3 aromatic rings. The van der Waals surface area contributed by atoms with E-state index in [9.17, 15) is 4.79 Å². The lowest BCUT2D eigenvalue weighted by atomic mass is 9.88. The van der Waals surface area contributed by atoms with Crippen molar-refractivity contribution >= 4 is 5.91 Å². The Balaban J connectivity index is 1.24. The molecule has 1 unspecified atom stereocenters. The fourth-order valence-corrected chi connectivity index (χ4v) is 5.28. The van der Waals surface area contributed by atoms with Crippen LogP contribution >= 0.6 is 0 Å². The van der Waals surface area contributed by atoms with E-state index in [1.165, 1.54) is 47.2 Å². The standard InChI is InChI=1S/C27H34N6O/c1-19-5-4-14-32(19)15-12-20-6-8-21(9-7-20)22-10-11-24-18-33(16-13-23(24)17-22)26(34)27(2,3)25-28-30-31-29-25/h6-11,17,19H,4-5,12-16,18H2,1-3H3,(H,28,29,30,31). The number of hydrogen-bond donors (Lipinski definition) is 1. The van der Waals surface area contributed by atoms with Gasteiger partial charge < -0.3 is 9.80 Å². The van der Waals surface area contributed by atoms with E-state index in [0.29, 0.717) is 18.9 Å². The second kappa shape index (κ2) is 9.29. The summed E-state index contributed by atoms with van der Waals surface area (Å²) in [5, 5.41) is 14.1. The van der Waals surface area contributed by atoms with Crippen LogP contribution in [0.25, 0.3) is 11.1 Å². The van der Waals surface area contributed by atoms with Gasteiger partial charge in [0.1, 0.15) is 5.41 Å². The van der Waals surface area contributed by atoms with E-state index in [1.807, 2.05) is 18.7 Å². The van der Waals surface area contributed by atoms with E-state index in [2.05, 4.69) is 74.9 Å². The maximum atomic E-state index is 13.2. The smallest absolute Gasteiger partial charge is 0.236 e. The molecule has 7 heteroatoms. The molecule has 0 saturated carbocycles. The minimum atomic E-state index is -0.807. The number of tetrazole rings is 1. The molecule has 178 valence electrons. The van der Waals surface area contributed by atoms with Gasteiger partial charge in [-0.05, 0) is 80.8 Å². The third kappa shape index (κ3) is 4.49. The van der Waals surface area contributed by atoms with Crippen molar-refractivity contribution in [3.05, 3.63) is 65.0 Å². The molecule has 1 atom stereocenters. The fourth-order valence-electron chi connectivity index (χ4n) is 5.28. The van der Waals surface area contributed by atoms with Gasteiger partial charge in [-0.15, -0.1) is 10.2 Å². The summed E-state index contributed by atoms with van der Waals surface area (Å²) < 4.78 is 0. The second-order valence-corrected chi connectivity index (χ2v) is 10.3. The minimum absolute atomic E-state index is 0.0301. The van der Waals surface area contributed by atoms with Crippen LogP contribution in [0.4, 0.5) is 0 Å². The molecule has 1 aromatic heterocycles. The molecule has 2 aliphatic heterocycles. The van der Waals surface area contributed by atoms with E-state index < -0.39 is 5.41 Å². The van der Waals surface area contributed by atoms with Gasteiger partial charge in [0.25, 0.3) is 0 Å². The maximum Gasteiger partial charge on any atom is 0.236 e. The Kier molecular flexibility index (Phi) is 6.21. The molecule has 3 heterocycles. The van der Waals surface area contributed by atoms with Crippen LogP contribution in [0.5, 0.6) is 0 Å². The van der Waals surface area contributed by atoms with Gasteiger partial charge in [0.15, 0.2) is 5.82 Å². The molecular weight excluding hydrogens is 424 g/mol. The first-order chi connectivity index (χ1) is 16.4. The molecular formula is C27H34N6O. The number of aromatic amines is 1. The Hall–Kier alpha value is -3.06. The molecule has 0 radical (unpaired) electrons. The van der Waals surface area contributed by atoms with Gasteiger partial charge in [-0.3, -0.25) is 4.79 Å². The molecule has 7 nitrogen and oxygen atoms in total. The van der Waals surface area contributed by atoms with Gasteiger partial charge in [0.05, 0.1) is 0 Å². The molecule has 1 N–H and O–H groups in total. The van der Waals surface area contributed by atoms with Crippen LogP contribution in [0.2, 0.25) is 0 Å². The van der Waals surface area contributed by atoms with Crippen molar-refractivity contribution in [3.8, 4) is 11.1 Å². The van der Waals surface area contributed by atoms with E-state index >= 15 is 0 Å². The third-order valence-corrected chi connectivity index (χ3v) is 7.61. The summed E-state index contributed by atoms with van der Waals surface area (Å²) in [6.07, 6.45) is 4.63. The van der Waals surface area contributed by atoms with Crippen molar-refractivity contribution in [2.75, 3.05) is 19.6 Å². The molecule has 34 heavy (non-hydrogen) atoms. The molecule has 0 bridgehead atoms. The van der Waals surface area contributed by atoms with Gasteiger partial charge in [-0.2, -0.15) is 5.21 Å². The second-order valence-electron chi connectivity index (χ2n) is 10.3. The van der Waals surface area contributed by atoms with E-state index in [4.69, 9.17) is 0 Å². The largest absolute Gasteiger partial charge is 0.337 e. The lowest BCUT2D eigenvalue weighted by Gasteiger charge is -2.34. The quantitative estimate of drug-likeness (QED) is 0.609. The first-order valence-electron chi connectivity index (χ1n) is 12.4. The van der Waals surface area contributed by atoms with Crippen molar-refractivity contribution in [1.82, 2.24) is 30.4 Å². The van der Waals surface area contributed by atoms with Crippen molar-refractivity contribution < 1.29 is 4.79 Å². The van der Waals surface area contributed by atoms with Crippen LogP contribution in [0, 0.1) is 0 Å². The van der Waals surface area contributed by atoms with Crippen molar-refractivity contribution in [2.24, 2.45) is 0 Å². The number of aromatic nitrogens is 4. The number of hydrogen-bond acceptors (Lipinski definition) is 5. The minimum Gasteiger partial charge on any atom is -0.337 e. The number of nitrogens with one attached hydrogen (secondary N) is 1. The van der Waals surface area contributed by atoms with Crippen molar-refractivity contribution in [3.63, 3.8) is 0 Å². The van der Waals surface area contributed by atoms with Gasteiger partial charge >= 0.3 is 0 Å². The highest BCUT2D eigenvalue weighted by Crippen LogP contribution is 2.30. The molecule has 1 fully saturated rings. The molecule has 2 aliphatic rings. The molecule has 0 aliphatic carbocycles. The summed E-state index contributed by atoms with van der Waals surface area (Å²) in [6, 6.07) is 16.4. The Bertz CT molecular complexity index is 1140. The highest BCUT2D eigenvalue weighted by Gasteiger charge is 2.38. The average molecular weight is 459 g/mol. The predicted octanol–water partition coefficient (Wildman–Crippen LogP) is 3.76. The number of nitrogens with zero attached hydrogens (tertiary/aromatic N) is 5. The highest BCUT2D eigenvalue weighted by atomic mass is 16.2. The van der Waals surface area contributed by atoms with E-state index in [0.717, 1.165) is 25.4 Å². The van der Waals surface area contributed by atoms with Gasteiger partial charge in [-0.1, -0.05) is 47.7 Å². The van der Waals surface area contributed by atoms with Crippen molar-refractivity contribution in [2.45, 2.75) is 64.5 Å². The van der Waals surface area contributed by atoms with E-state index in [-0.39, 0.29) is 5.91 Å². The number of carbonyl (C=O) groups excluding carboxylic acids is 1. The number of fused-ring (bicyclic) bond motifs is 1. The van der Waals surface area contributed by atoms with Crippen LogP contribution in [0.3, 0.4) is 0 Å². The number of benzene rings is 2. The van der Waals surface area contributed by atoms with Crippen molar-refractivity contribution in [1.29, 1.82) is 0 Å². The topological polar surface area (TPSA) is 78.0 Å². The summed E-state index contributed by atoms with van der Waals surface area (Å²) in [6.45, 7) is 9.76. The van der Waals surface area contributed by atoms with E-state index in [1.54, 1.807) is 0 Å². The predicted molar refractivity (Wildman–Crippen MR) is 132 cm³/mol. The zero-order valence-corrected chi connectivity index (χ0v) is 20.4. The number of carbonyl (C=O) groups is 1. The average Bonchev–Trinajstić information content (AvgIpc) is 3.54. The SMILES string of the molecule is CC1CCCN1CCc1ccc(-c2ccc3c(c2)CCN(C(=O)C(C)(C)c2nn[nH]n2)C3)cc1. The molecule has 1 amide bonds. The van der Waals surface area contributed by atoms with Crippen LogP contribution in [-0.2, 0) is 29.6 Å². The highest BCUT2D eigenvalue weighted by molar-refractivity contribution is 5.86. The fraction of sp³-hybridized carbons (Fsp3) is 0.481. The number of amides is 1. The van der Waals surface area contributed by atoms with Crippen LogP contribution in [-0.4, -0.2) is 62.0 Å². The number of likely N-dealkylation sites (tertiary alicyclic amines) is 1. The molecule has 1 saturated heterocycles. The van der Waals surface area contributed by atoms with Crippen LogP contribution < -0.4 is 0 Å². The van der Waals surface area contributed by atoms with Crippen LogP contribution in [0.15, 0.2) is 42.5 Å². The third-order valence-electron chi connectivity index (χ3n) is 7.61. The Labute approximate surface area is 201 Å². The number of rotatable bonds is 6. The first kappa shape index (κ1) is 22.7. The Morgan fingerprint density at radius 2 is 1.88 bits per heavy atom. The lowest BCUT2D eigenvalue weighted by molar-refractivity contribution is -0.137. The summed E-state index contributed by atoms with van der Waals surface area (Å²) >= 11 is 0. The zero-order valence-electron chi connectivity index (χ0n) is 20.4. The summed E-state index contributed by atoms with van der Waals surface area (Å²) in [7, 11) is 0. The first-order valence-corrected chi connectivity index (χ1v) is 12.4. The van der Waals surface area contributed by atoms with Crippen LogP contribution in [0.1, 0.15) is 56.1 Å². The molecule has 2 aromatic carbocycles. The summed E-state index contributed by atoms with van der Waals surface area (Å²) in [5.41, 5.74) is 5.62. The van der Waals surface area contributed by atoms with Gasteiger partial charge in [-0.25, -0.2) is 0 Å². The maximum absolute atomic E-state index is 13.2.